The predicted octanol–water partition coefficient (Wildman–Crippen LogP) is 1.95. The number of benzene rings is 1. The molecule has 2 heterocycles. The van der Waals surface area contributed by atoms with Gasteiger partial charge in [-0.15, -0.1) is 11.3 Å². The van der Waals surface area contributed by atoms with Crippen LogP contribution < -0.4 is 15.4 Å². The quantitative estimate of drug-likeness (QED) is 0.700. The summed E-state index contributed by atoms with van der Waals surface area (Å²) in [6, 6.07) is 10.0. The number of piperidine rings is 1. The molecule has 6 nitrogen and oxygen atoms in total. The van der Waals surface area contributed by atoms with E-state index in [4.69, 9.17) is 0 Å². The number of carbonyl (C=O) groups excluding carboxylic acids is 1. The van der Waals surface area contributed by atoms with Crippen molar-refractivity contribution in [3.8, 4) is 0 Å². The molecule has 3 N–H and O–H groups in total. The second-order valence-electron chi connectivity index (χ2n) is 6.48. The molecule has 0 radical (unpaired) electrons. The second kappa shape index (κ2) is 8.30. The fourth-order valence-corrected chi connectivity index (χ4v) is 4.74. The average molecular weight is 394 g/mol. The van der Waals surface area contributed by atoms with E-state index in [0.717, 1.165) is 24.4 Å². The van der Waals surface area contributed by atoms with Crippen molar-refractivity contribution in [1.29, 1.82) is 0 Å². The largest absolute Gasteiger partial charge is 0.349 e. The smallest absolute Gasteiger partial charge is 0.251 e. The van der Waals surface area contributed by atoms with Crippen LogP contribution >= 0.6 is 11.3 Å². The van der Waals surface area contributed by atoms with Crippen molar-refractivity contribution >= 4 is 27.3 Å². The summed E-state index contributed by atoms with van der Waals surface area (Å²) in [7, 11) is -3.67. The van der Waals surface area contributed by atoms with Crippen LogP contribution in [0.25, 0.3) is 0 Å². The van der Waals surface area contributed by atoms with Gasteiger partial charge in [-0.3, -0.25) is 4.79 Å². The van der Waals surface area contributed by atoms with Gasteiger partial charge in [-0.2, -0.15) is 0 Å². The van der Waals surface area contributed by atoms with Crippen LogP contribution in [0.5, 0.6) is 0 Å². The molecule has 1 aliphatic heterocycles. The molecular formula is C18H23N3O3S2. The molecule has 2 atom stereocenters. The monoisotopic (exact) mass is 393 g/mol. The summed E-state index contributed by atoms with van der Waals surface area (Å²) in [5.74, 6) is 0.103. The Morgan fingerprint density at radius 2 is 2.15 bits per heavy atom. The number of rotatable bonds is 6. The number of sulfonamides is 1. The Kier molecular flexibility index (Phi) is 6.08. The molecule has 140 valence electrons. The van der Waals surface area contributed by atoms with E-state index in [9.17, 15) is 13.2 Å². The Bertz CT molecular complexity index is 850. The summed E-state index contributed by atoms with van der Waals surface area (Å²) in [5, 5.41) is 8.22. The Hall–Kier alpha value is -1.74. The van der Waals surface area contributed by atoms with E-state index in [0.29, 0.717) is 11.5 Å². The number of hydrogen-bond acceptors (Lipinski definition) is 5. The van der Waals surface area contributed by atoms with Crippen LogP contribution in [0.4, 0.5) is 0 Å². The molecule has 8 heteroatoms. The average Bonchev–Trinajstić information content (AvgIpc) is 3.16. The lowest BCUT2D eigenvalue weighted by molar-refractivity contribution is 0.0914. The van der Waals surface area contributed by atoms with Crippen LogP contribution in [0.1, 0.15) is 28.6 Å². The molecule has 0 bridgehead atoms. The van der Waals surface area contributed by atoms with Crippen molar-refractivity contribution in [3.05, 3.63) is 52.2 Å². The molecule has 1 aromatic carbocycles. The van der Waals surface area contributed by atoms with Crippen LogP contribution in [0.2, 0.25) is 0 Å². The van der Waals surface area contributed by atoms with E-state index >= 15 is 0 Å². The number of thiophene rings is 1. The van der Waals surface area contributed by atoms with Gasteiger partial charge in [0.05, 0.1) is 4.90 Å². The van der Waals surface area contributed by atoms with Gasteiger partial charge in [0.25, 0.3) is 5.91 Å². The first-order chi connectivity index (χ1) is 12.5. The summed E-state index contributed by atoms with van der Waals surface area (Å²) in [6.07, 6.45) is 0.868. The van der Waals surface area contributed by atoms with Crippen LogP contribution in [-0.4, -0.2) is 33.5 Å². The van der Waals surface area contributed by atoms with Gasteiger partial charge in [0.2, 0.25) is 10.0 Å². The fourth-order valence-electron chi connectivity index (χ4n) is 2.95. The first-order valence-electron chi connectivity index (χ1n) is 8.59. The lowest BCUT2D eigenvalue weighted by Gasteiger charge is -2.30. The molecule has 2 aromatic rings. The van der Waals surface area contributed by atoms with Crippen LogP contribution in [0.3, 0.4) is 0 Å². The summed E-state index contributed by atoms with van der Waals surface area (Å²) in [5.41, 5.74) is 0.356. The minimum atomic E-state index is -3.67. The zero-order valence-electron chi connectivity index (χ0n) is 14.6. The first-order valence-corrected chi connectivity index (χ1v) is 11.0. The molecule has 3 rings (SSSR count). The van der Waals surface area contributed by atoms with Crippen molar-refractivity contribution in [2.75, 3.05) is 13.1 Å². The van der Waals surface area contributed by atoms with Gasteiger partial charge < -0.3 is 10.6 Å². The lowest BCUT2D eigenvalue weighted by Crippen LogP contribution is -2.48. The topological polar surface area (TPSA) is 87.3 Å². The number of nitrogens with one attached hydrogen (secondary N) is 3. The van der Waals surface area contributed by atoms with Crippen molar-refractivity contribution in [1.82, 2.24) is 15.4 Å². The highest BCUT2D eigenvalue weighted by Gasteiger charge is 2.23. The van der Waals surface area contributed by atoms with Gasteiger partial charge >= 0.3 is 0 Å². The zero-order valence-corrected chi connectivity index (χ0v) is 16.2. The molecule has 0 aliphatic carbocycles. The van der Waals surface area contributed by atoms with Gasteiger partial charge in [0.1, 0.15) is 0 Å². The molecular weight excluding hydrogens is 370 g/mol. The lowest BCUT2D eigenvalue weighted by atomic mass is 9.95. The molecule has 1 saturated heterocycles. The number of amides is 1. The van der Waals surface area contributed by atoms with Crippen molar-refractivity contribution < 1.29 is 13.2 Å². The summed E-state index contributed by atoms with van der Waals surface area (Å²) >= 11 is 1.49. The van der Waals surface area contributed by atoms with Crippen LogP contribution in [0.15, 0.2) is 46.7 Å². The third-order valence-electron chi connectivity index (χ3n) is 4.52. The van der Waals surface area contributed by atoms with Gasteiger partial charge in [-0.25, -0.2) is 13.1 Å². The summed E-state index contributed by atoms with van der Waals surface area (Å²) in [4.78, 5) is 13.6. The second-order valence-corrected chi connectivity index (χ2v) is 9.28. The van der Waals surface area contributed by atoms with Gasteiger partial charge in [0.15, 0.2) is 0 Å². The van der Waals surface area contributed by atoms with Crippen molar-refractivity contribution in [2.24, 2.45) is 5.92 Å². The maximum absolute atomic E-state index is 12.5. The van der Waals surface area contributed by atoms with Gasteiger partial charge in [0, 0.05) is 23.0 Å². The van der Waals surface area contributed by atoms with E-state index in [-0.39, 0.29) is 23.4 Å². The van der Waals surface area contributed by atoms with E-state index < -0.39 is 10.0 Å². The highest BCUT2D eigenvalue weighted by molar-refractivity contribution is 7.89. The third-order valence-corrected chi connectivity index (χ3v) is 6.80. The van der Waals surface area contributed by atoms with E-state index in [2.05, 4.69) is 22.3 Å². The summed E-state index contributed by atoms with van der Waals surface area (Å²) in [6.45, 7) is 4.07. The molecule has 2 unspecified atom stereocenters. The zero-order chi connectivity index (χ0) is 18.6. The summed E-state index contributed by atoms with van der Waals surface area (Å²) < 4.78 is 27.6. The highest BCUT2D eigenvalue weighted by Crippen LogP contribution is 2.16. The Balaban J connectivity index is 1.69. The molecule has 1 aromatic heterocycles. The normalized spacial score (nSPS) is 20.7. The van der Waals surface area contributed by atoms with Crippen LogP contribution in [-0.2, 0) is 16.6 Å². The molecule has 26 heavy (non-hydrogen) atoms. The van der Waals surface area contributed by atoms with Gasteiger partial charge in [-0.05, 0) is 55.1 Å². The molecule has 0 saturated carbocycles. The minimum Gasteiger partial charge on any atom is -0.349 e. The predicted molar refractivity (Wildman–Crippen MR) is 103 cm³/mol. The van der Waals surface area contributed by atoms with Crippen molar-refractivity contribution in [2.45, 2.75) is 30.8 Å². The van der Waals surface area contributed by atoms with E-state index in [1.54, 1.807) is 12.1 Å². The van der Waals surface area contributed by atoms with E-state index in [1.165, 1.54) is 23.5 Å². The molecule has 1 amide bonds. The Morgan fingerprint density at radius 3 is 2.88 bits per heavy atom. The molecule has 1 fully saturated rings. The SMILES string of the molecule is CC1CNCCC1NC(=O)c1cccc(S(=O)(=O)NCc2cccs2)c1. The number of hydrogen-bond donors (Lipinski definition) is 3. The third kappa shape index (κ3) is 4.70. The van der Waals surface area contributed by atoms with Crippen molar-refractivity contribution in [3.63, 3.8) is 0 Å². The first kappa shape index (κ1) is 19.0. The highest BCUT2D eigenvalue weighted by atomic mass is 32.2. The molecule has 0 spiro atoms. The number of carbonyl (C=O) groups is 1. The standard InChI is InChI=1S/C18H23N3O3S2/c1-13-11-19-8-7-17(13)21-18(22)14-4-2-6-16(10-14)26(23,24)20-12-15-5-3-9-25-15/h2-6,9-10,13,17,19-20H,7-8,11-12H2,1H3,(H,21,22). The maximum atomic E-state index is 12.5. The fraction of sp³-hybridized carbons (Fsp3) is 0.389. The van der Waals surface area contributed by atoms with Gasteiger partial charge in [-0.1, -0.05) is 19.1 Å². The minimum absolute atomic E-state index is 0.0973. The van der Waals surface area contributed by atoms with Crippen LogP contribution in [0, 0.1) is 5.92 Å². The Labute approximate surface area is 158 Å². The van der Waals surface area contributed by atoms with E-state index in [1.807, 2.05) is 17.5 Å². The Morgan fingerprint density at radius 1 is 1.31 bits per heavy atom. The molecule has 1 aliphatic rings. The maximum Gasteiger partial charge on any atom is 0.251 e.